The maximum absolute atomic E-state index is 11.8. The van der Waals surface area contributed by atoms with E-state index in [1.165, 1.54) is 7.11 Å². The lowest BCUT2D eigenvalue weighted by Crippen LogP contribution is -2.28. The van der Waals surface area contributed by atoms with E-state index in [1.54, 1.807) is 17.1 Å². The van der Waals surface area contributed by atoms with Gasteiger partial charge in [-0.15, -0.1) is 0 Å². The van der Waals surface area contributed by atoms with E-state index in [-0.39, 0.29) is 5.92 Å². The molecule has 2 aromatic rings. The number of hydrogen-bond acceptors (Lipinski definition) is 4. The number of aliphatic hydroxyl groups is 1. The van der Waals surface area contributed by atoms with E-state index < -0.39 is 18.0 Å². The number of carbonyl (C=O) groups excluding carboxylic acids is 1. The molecule has 21 heavy (non-hydrogen) atoms. The molecule has 1 aromatic heterocycles. The highest BCUT2D eigenvalue weighted by Gasteiger charge is 2.32. The number of methoxy groups -OCH3 is 1. The molecule has 2 atom stereocenters. The van der Waals surface area contributed by atoms with Gasteiger partial charge in [-0.1, -0.05) is 32.0 Å². The van der Waals surface area contributed by atoms with Gasteiger partial charge in [-0.05, 0) is 18.1 Å². The fourth-order valence-corrected chi connectivity index (χ4v) is 2.32. The highest BCUT2D eigenvalue weighted by molar-refractivity contribution is 5.73. The lowest BCUT2D eigenvalue weighted by molar-refractivity contribution is -0.152. The zero-order chi connectivity index (χ0) is 15.4. The molecular formula is C16H20N2O3. The summed E-state index contributed by atoms with van der Waals surface area (Å²) < 4.78 is 6.46. The first kappa shape index (κ1) is 15.3. The largest absolute Gasteiger partial charge is 0.469 e. The lowest BCUT2D eigenvalue weighted by atomic mass is 9.87. The third kappa shape index (κ3) is 3.31. The van der Waals surface area contributed by atoms with E-state index in [9.17, 15) is 9.90 Å². The smallest absolute Gasteiger partial charge is 0.311 e. The second-order valence-corrected chi connectivity index (χ2v) is 5.29. The molecule has 0 radical (unpaired) electrons. The molecule has 5 nitrogen and oxygen atoms in total. The molecule has 5 heteroatoms. The van der Waals surface area contributed by atoms with Crippen LogP contribution in [-0.2, 0) is 9.53 Å². The lowest BCUT2D eigenvalue weighted by Gasteiger charge is -2.23. The number of rotatable bonds is 5. The second kappa shape index (κ2) is 6.54. The van der Waals surface area contributed by atoms with Crippen LogP contribution in [-0.4, -0.2) is 28.0 Å². The molecule has 0 aliphatic heterocycles. The Morgan fingerprint density at radius 2 is 1.95 bits per heavy atom. The van der Waals surface area contributed by atoms with Crippen molar-refractivity contribution in [1.82, 2.24) is 9.78 Å². The molecule has 0 aliphatic carbocycles. The Kier molecular flexibility index (Phi) is 4.75. The third-order valence-electron chi connectivity index (χ3n) is 3.50. The summed E-state index contributed by atoms with van der Waals surface area (Å²) in [6.07, 6.45) is 2.38. The molecule has 0 saturated carbocycles. The number of aliphatic hydroxyl groups excluding tert-OH is 1. The maximum atomic E-state index is 11.8. The quantitative estimate of drug-likeness (QED) is 0.858. The SMILES string of the molecule is COC(=O)C(C(C)C)C(O)c1cnn(-c2ccccc2)c1. The Morgan fingerprint density at radius 3 is 2.52 bits per heavy atom. The minimum absolute atomic E-state index is 0.0347. The Hall–Kier alpha value is -2.14. The third-order valence-corrected chi connectivity index (χ3v) is 3.50. The van der Waals surface area contributed by atoms with E-state index in [0.29, 0.717) is 5.56 Å². The van der Waals surface area contributed by atoms with Crippen molar-refractivity contribution < 1.29 is 14.6 Å². The van der Waals surface area contributed by atoms with Gasteiger partial charge in [0.25, 0.3) is 0 Å². The summed E-state index contributed by atoms with van der Waals surface area (Å²) in [6.45, 7) is 3.76. The predicted octanol–water partition coefficient (Wildman–Crippen LogP) is 2.35. The monoisotopic (exact) mass is 288 g/mol. The van der Waals surface area contributed by atoms with Crippen LogP contribution >= 0.6 is 0 Å². The van der Waals surface area contributed by atoms with Crippen LogP contribution in [0.2, 0.25) is 0 Å². The molecule has 2 unspecified atom stereocenters. The van der Waals surface area contributed by atoms with Crippen molar-refractivity contribution in [2.45, 2.75) is 20.0 Å². The Morgan fingerprint density at radius 1 is 1.29 bits per heavy atom. The second-order valence-electron chi connectivity index (χ2n) is 5.29. The van der Waals surface area contributed by atoms with Crippen LogP contribution in [0.3, 0.4) is 0 Å². The normalized spacial score (nSPS) is 14.0. The fraction of sp³-hybridized carbons (Fsp3) is 0.375. The minimum Gasteiger partial charge on any atom is -0.469 e. The van der Waals surface area contributed by atoms with Crippen LogP contribution in [0.25, 0.3) is 5.69 Å². The van der Waals surface area contributed by atoms with Gasteiger partial charge >= 0.3 is 5.97 Å². The summed E-state index contributed by atoms with van der Waals surface area (Å²) >= 11 is 0. The van der Waals surface area contributed by atoms with Gasteiger partial charge in [-0.2, -0.15) is 5.10 Å². The van der Waals surface area contributed by atoms with Crippen molar-refractivity contribution >= 4 is 5.97 Å². The van der Waals surface area contributed by atoms with Crippen LogP contribution in [0.1, 0.15) is 25.5 Å². The molecule has 0 bridgehead atoms. The zero-order valence-corrected chi connectivity index (χ0v) is 12.4. The number of benzene rings is 1. The van der Waals surface area contributed by atoms with E-state index in [0.717, 1.165) is 5.69 Å². The predicted molar refractivity (Wildman–Crippen MR) is 78.9 cm³/mol. The van der Waals surface area contributed by atoms with E-state index in [2.05, 4.69) is 5.10 Å². The highest BCUT2D eigenvalue weighted by atomic mass is 16.5. The molecule has 0 aliphatic rings. The Bertz CT molecular complexity index is 593. The number of aromatic nitrogens is 2. The summed E-state index contributed by atoms with van der Waals surface area (Å²) in [4.78, 5) is 11.8. The van der Waals surface area contributed by atoms with Crippen LogP contribution in [0.15, 0.2) is 42.7 Å². The van der Waals surface area contributed by atoms with E-state index in [1.807, 2.05) is 44.2 Å². The Labute approximate surface area is 124 Å². The number of carbonyl (C=O) groups is 1. The first-order valence-electron chi connectivity index (χ1n) is 6.90. The zero-order valence-electron chi connectivity index (χ0n) is 12.4. The number of nitrogens with zero attached hydrogens (tertiary/aromatic N) is 2. The molecule has 0 spiro atoms. The van der Waals surface area contributed by atoms with Crippen LogP contribution in [0, 0.1) is 11.8 Å². The molecule has 0 saturated heterocycles. The molecule has 0 fully saturated rings. The standard InChI is InChI=1S/C16H20N2O3/c1-11(2)14(16(20)21-3)15(19)12-9-17-18(10-12)13-7-5-4-6-8-13/h4-11,14-15,19H,1-3H3. The summed E-state index contributed by atoms with van der Waals surface area (Å²) in [5, 5.41) is 14.7. The molecular weight excluding hydrogens is 268 g/mol. The number of para-hydroxylation sites is 1. The van der Waals surface area contributed by atoms with Crippen LogP contribution < -0.4 is 0 Å². The molecule has 2 rings (SSSR count). The maximum Gasteiger partial charge on any atom is 0.311 e. The van der Waals surface area contributed by atoms with Gasteiger partial charge in [0.05, 0.1) is 31.0 Å². The summed E-state index contributed by atoms with van der Waals surface area (Å²) in [5.41, 5.74) is 1.50. The van der Waals surface area contributed by atoms with Gasteiger partial charge in [0, 0.05) is 11.8 Å². The average molecular weight is 288 g/mol. The number of ether oxygens (including phenoxy) is 1. The molecule has 1 aromatic carbocycles. The topological polar surface area (TPSA) is 64.3 Å². The van der Waals surface area contributed by atoms with Crippen molar-refractivity contribution in [3.8, 4) is 5.69 Å². The average Bonchev–Trinajstić information content (AvgIpc) is 2.97. The van der Waals surface area contributed by atoms with Crippen molar-refractivity contribution in [3.63, 3.8) is 0 Å². The molecule has 112 valence electrons. The van der Waals surface area contributed by atoms with E-state index in [4.69, 9.17) is 4.74 Å². The van der Waals surface area contributed by atoms with Crippen molar-refractivity contribution in [2.24, 2.45) is 11.8 Å². The van der Waals surface area contributed by atoms with Crippen LogP contribution in [0.4, 0.5) is 0 Å². The molecule has 1 heterocycles. The summed E-state index contributed by atoms with van der Waals surface area (Å²) in [5.74, 6) is -1.05. The first-order chi connectivity index (χ1) is 10.0. The minimum atomic E-state index is -0.935. The highest BCUT2D eigenvalue weighted by Crippen LogP contribution is 2.29. The van der Waals surface area contributed by atoms with Gasteiger partial charge in [0.1, 0.15) is 0 Å². The van der Waals surface area contributed by atoms with Crippen molar-refractivity contribution in [2.75, 3.05) is 7.11 Å². The first-order valence-corrected chi connectivity index (χ1v) is 6.90. The van der Waals surface area contributed by atoms with Gasteiger partial charge in [0.2, 0.25) is 0 Å². The number of hydrogen-bond donors (Lipinski definition) is 1. The van der Waals surface area contributed by atoms with Crippen molar-refractivity contribution in [1.29, 1.82) is 0 Å². The van der Waals surface area contributed by atoms with Gasteiger partial charge < -0.3 is 9.84 Å². The van der Waals surface area contributed by atoms with Crippen LogP contribution in [0.5, 0.6) is 0 Å². The van der Waals surface area contributed by atoms with Gasteiger partial charge in [-0.25, -0.2) is 4.68 Å². The summed E-state index contributed by atoms with van der Waals surface area (Å²) in [7, 11) is 1.33. The number of esters is 1. The fourth-order valence-electron chi connectivity index (χ4n) is 2.32. The molecule has 0 amide bonds. The van der Waals surface area contributed by atoms with Gasteiger partial charge in [0.15, 0.2) is 0 Å². The Balaban J connectivity index is 2.26. The van der Waals surface area contributed by atoms with E-state index >= 15 is 0 Å². The van der Waals surface area contributed by atoms with Crippen molar-refractivity contribution in [3.05, 3.63) is 48.3 Å². The van der Waals surface area contributed by atoms with Gasteiger partial charge in [-0.3, -0.25) is 4.79 Å². The molecule has 1 N–H and O–H groups in total. The summed E-state index contributed by atoms with van der Waals surface area (Å²) in [6, 6.07) is 9.60.